The van der Waals surface area contributed by atoms with Gasteiger partial charge in [0.05, 0.1) is 17.2 Å². The molecule has 0 aromatic heterocycles. The van der Waals surface area contributed by atoms with Gasteiger partial charge in [0.15, 0.2) is 0 Å². The van der Waals surface area contributed by atoms with E-state index in [9.17, 15) is 32.6 Å². The van der Waals surface area contributed by atoms with E-state index in [1.165, 1.54) is 12.1 Å². The minimum absolute atomic E-state index is 0.0131. The number of hydrogen-bond donors (Lipinski definition) is 6. The predicted octanol–water partition coefficient (Wildman–Crippen LogP) is 0.319. The maximum absolute atomic E-state index is 13.4. The van der Waals surface area contributed by atoms with Crippen molar-refractivity contribution in [2.24, 2.45) is 17.2 Å². The lowest BCUT2D eigenvalue weighted by atomic mass is 9.78. The van der Waals surface area contributed by atoms with Crippen molar-refractivity contribution in [2.45, 2.75) is 75.5 Å². The Morgan fingerprint density at radius 1 is 1.16 bits per heavy atom. The van der Waals surface area contributed by atoms with E-state index < -0.39 is 48.4 Å². The van der Waals surface area contributed by atoms with Gasteiger partial charge >= 0.3 is 13.3 Å². The molecule has 2 aliphatic heterocycles. The molecule has 4 atom stereocenters. The van der Waals surface area contributed by atoms with Gasteiger partial charge in [0.2, 0.25) is 17.7 Å². The van der Waals surface area contributed by atoms with E-state index in [1.807, 2.05) is 0 Å². The lowest BCUT2D eigenvalue weighted by Gasteiger charge is -2.24. The zero-order valence-electron chi connectivity index (χ0n) is 24.6. The van der Waals surface area contributed by atoms with Gasteiger partial charge in [-0.2, -0.15) is 13.2 Å². The topological polar surface area (TPSA) is 186 Å². The van der Waals surface area contributed by atoms with Crippen LogP contribution >= 0.6 is 0 Å². The zero-order chi connectivity index (χ0) is 32.4. The number of carbonyl (C=O) groups excluding carboxylic acids is 3. The van der Waals surface area contributed by atoms with E-state index >= 15 is 0 Å². The fraction of sp³-hybridized carbons (Fsp3) is 0.483. The Labute approximate surface area is 253 Å². The molecule has 9 N–H and O–H groups in total. The number of fused-ring (bicyclic) bond motifs is 1. The van der Waals surface area contributed by atoms with Gasteiger partial charge in [-0.05, 0) is 67.5 Å². The molecule has 238 valence electrons. The number of amides is 3. The third-order valence-corrected chi connectivity index (χ3v) is 8.04. The largest absolute Gasteiger partial charge is 0.492 e. The van der Waals surface area contributed by atoms with Crippen LogP contribution in [-0.2, 0) is 37.2 Å². The number of nitrogens with zero attached hydrogens (tertiary/aromatic N) is 1. The molecule has 2 aromatic carbocycles. The van der Waals surface area contributed by atoms with E-state index in [1.54, 1.807) is 36.9 Å². The van der Waals surface area contributed by atoms with Crippen molar-refractivity contribution >= 4 is 36.0 Å². The lowest BCUT2D eigenvalue weighted by molar-refractivity contribution is -0.137. The number of alkyl halides is 3. The van der Waals surface area contributed by atoms with Gasteiger partial charge in [-0.25, -0.2) is 0 Å². The average Bonchev–Trinajstić information content (AvgIpc) is 3.45. The van der Waals surface area contributed by atoms with Crippen molar-refractivity contribution in [1.29, 1.82) is 0 Å². The highest BCUT2D eigenvalue weighted by Crippen LogP contribution is 2.31. The quantitative estimate of drug-likeness (QED) is 0.206. The Bertz CT molecular complexity index is 1380. The molecule has 2 unspecified atom stereocenters. The fourth-order valence-electron chi connectivity index (χ4n) is 5.62. The van der Waals surface area contributed by atoms with E-state index in [0.29, 0.717) is 29.7 Å². The Hall–Kier alpha value is -3.50. The van der Waals surface area contributed by atoms with Crippen LogP contribution in [-0.4, -0.2) is 72.0 Å². The molecule has 0 radical (unpaired) electrons. The Kier molecular flexibility index (Phi) is 10.1. The van der Waals surface area contributed by atoms with Gasteiger partial charge in [0.25, 0.3) is 0 Å². The second-order valence-corrected chi connectivity index (χ2v) is 11.8. The number of hydrogen-bond acceptors (Lipinski definition) is 8. The van der Waals surface area contributed by atoms with Crippen molar-refractivity contribution in [3.63, 3.8) is 0 Å². The van der Waals surface area contributed by atoms with Crippen molar-refractivity contribution in [3.05, 3.63) is 59.2 Å². The summed E-state index contributed by atoms with van der Waals surface area (Å²) >= 11 is 0. The number of rotatable bonds is 10. The normalized spacial score (nSPS) is 20.7. The molecule has 1 saturated heterocycles. The first-order valence-corrected chi connectivity index (χ1v) is 14.4. The van der Waals surface area contributed by atoms with Crippen LogP contribution in [0.2, 0.25) is 0 Å². The first-order valence-electron chi connectivity index (χ1n) is 14.4. The van der Waals surface area contributed by atoms with Gasteiger partial charge in [-0.3, -0.25) is 14.4 Å². The number of likely N-dealkylation sites (tertiary alicyclic amines) is 1. The van der Waals surface area contributed by atoms with Crippen molar-refractivity contribution in [3.8, 4) is 0 Å². The number of nitrogens with two attached hydrogens (primary N) is 3. The van der Waals surface area contributed by atoms with E-state index in [0.717, 1.165) is 17.7 Å². The van der Waals surface area contributed by atoms with Gasteiger partial charge in [-0.15, -0.1) is 0 Å². The van der Waals surface area contributed by atoms with Crippen LogP contribution in [0.3, 0.4) is 0 Å². The van der Waals surface area contributed by atoms with Crippen LogP contribution in [0.1, 0.15) is 49.8 Å². The molecule has 0 spiro atoms. The van der Waals surface area contributed by atoms with Crippen LogP contribution in [0.4, 0.5) is 18.9 Å². The van der Waals surface area contributed by atoms with Crippen molar-refractivity contribution < 1.29 is 37.2 Å². The highest BCUT2D eigenvalue weighted by atomic mass is 19.4. The molecule has 4 rings (SSSR count). The molecule has 0 saturated carbocycles. The second kappa shape index (κ2) is 13.2. The molecule has 0 bridgehead atoms. The summed E-state index contributed by atoms with van der Waals surface area (Å²) in [6.07, 6.45) is -4.14. The SMILES string of the molecule is CC1(C)OB(O)c2cc(NC(=O)C(Cc3ccc(C(F)(F)F)cc3)NC(=O)C(N)CCC(=O)N3C[C@@H](N)C[C@H]3CN)ccc21. The first kappa shape index (κ1) is 33.4. The summed E-state index contributed by atoms with van der Waals surface area (Å²) in [7, 11) is -1.20. The minimum atomic E-state index is -4.53. The summed E-state index contributed by atoms with van der Waals surface area (Å²) < 4.78 is 44.8. The van der Waals surface area contributed by atoms with Gasteiger partial charge in [0, 0.05) is 43.7 Å². The Morgan fingerprint density at radius 3 is 2.48 bits per heavy atom. The molecule has 2 aliphatic rings. The number of nitrogens with one attached hydrogen (secondary N) is 2. The Morgan fingerprint density at radius 2 is 1.84 bits per heavy atom. The van der Waals surface area contributed by atoms with E-state index in [2.05, 4.69) is 10.6 Å². The van der Waals surface area contributed by atoms with Crippen LogP contribution in [0.25, 0.3) is 0 Å². The summed E-state index contributed by atoms with van der Waals surface area (Å²) in [6.45, 7) is 4.22. The van der Waals surface area contributed by atoms with Crippen LogP contribution < -0.4 is 33.3 Å². The molecular formula is C29H38BF3N6O5. The molecule has 15 heteroatoms. The standard InChI is InChI=1S/C29H38BF3N6O5/c1-28(2)21-8-7-19(13-22(21)30(43)44-28)37-27(42)24(11-16-3-5-17(6-4-16)29(31,32)33)38-26(41)23(36)9-10-25(40)39-15-18(35)12-20(39)14-34/h3-8,13,18,20,23-24,43H,9-12,14-15,34-36H2,1-2H3,(H,37,42)(H,38,41)/t18-,20-,23?,24?/m0/s1. The average molecular weight is 618 g/mol. The summed E-state index contributed by atoms with van der Waals surface area (Å²) in [4.78, 5) is 40.9. The van der Waals surface area contributed by atoms with Crippen LogP contribution in [0.5, 0.6) is 0 Å². The molecule has 11 nitrogen and oxygen atoms in total. The number of carbonyl (C=O) groups is 3. The minimum Gasteiger partial charge on any atom is -0.423 e. The smallest absolute Gasteiger partial charge is 0.423 e. The highest BCUT2D eigenvalue weighted by Gasteiger charge is 2.41. The van der Waals surface area contributed by atoms with Crippen molar-refractivity contribution in [2.75, 3.05) is 18.4 Å². The molecule has 1 fully saturated rings. The van der Waals surface area contributed by atoms with Gasteiger partial charge in [-0.1, -0.05) is 18.2 Å². The number of halogens is 3. The molecule has 0 aliphatic carbocycles. The molecular weight excluding hydrogens is 580 g/mol. The monoisotopic (exact) mass is 618 g/mol. The predicted molar refractivity (Wildman–Crippen MR) is 158 cm³/mol. The Balaban J connectivity index is 1.46. The molecule has 3 amide bonds. The first-order chi connectivity index (χ1) is 20.6. The molecule has 44 heavy (non-hydrogen) atoms. The zero-order valence-corrected chi connectivity index (χ0v) is 24.6. The third kappa shape index (κ3) is 7.77. The molecule has 2 aromatic rings. The summed E-state index contributed by atoms with van der Waals surface area (Å²) in [5.41, 5.74) is 18.1. The number of anilines is 1. The summed E-state index contributed by atoms with van der Waals surface area (Å²) in [5.74, 6) is -1.61. The van der Waals surface area contributed by atoms with Crippen LogP contribution in [0, 0.1) is 0 Å². The lowest BCUT2D eigenvalue weighted by Crippen LogP contribution is -2.51. The third-order valence-electron chi connectivity index (χ3n) is 8.04. The number of benzene rings is 2. The van der Waals surface area contributed by atoms with Crippen LogP contribution in [0.15, 0.2) is 42.5 Å². The van der Waals surface area contributed by atoms with Gasteiger partial charge in [0.1, 0.15) is 6.04 Å². The second-order valence-electron chi connectivity index (χ2n) is 11.8. The summed E-state index contributed by atoms with van der Waals surface area (Å²) in [5, 5.41) is 15.6. The van der Waals surface area contributed by atoms with Gasteiger partial charge < -0.3 is 42.4 Å². The maximum Gasteiger partial charge on any atom is 0.492 e. The summed E-state index contributed by atoms with van der Waals surface area (Å²) in [6, 6.07) is 6.39. The fourth-order valence-corrected chi connectivity index (χ4v) is 5.62. The van der Waals surface area contributed by atoms with E-state index in [4.69, 9.17) is 21.9 Å². The highest BCUT2D eigenvalue weighted by molar-refractivity contribution is 6.62. The van der Waals surface area contributed by atoms with E-state index in [-0.39, 0.29) is 43.8 Å². The molecule has 2 heterocycles. The van der Waals surface area contributed by atoms with Crippen molar-refractivity contribution in [1.82, 2.24) is 10.2 Å². The maximum atomic E-state index is 13.4.